The van der Waals surface area contributed by atoms with Crippen molar-refractivity contribution >= 4 is 22.6 Å². The number of rotatable bonds is 15. The molecule has 14 heteroatoms. The van der Waals surface area contributed by atoms with E-state index >= 15 is 0 Å². The van der Waals surface area contributed by atoms with Crippen molar-refractivity contribution in [2.75, 3.05) is 46.7 Å². The van der Waals surface area contributed by atoms with E-state index in [9.17, 15) is 4.79 Å². The molecule has 2 aliphatic rings. The molecule has 1 amide bonds. The number of hydrogen-bond donors (Lipinski definition) is 0. The molecule has 5 aromatic rings. The van der Waals surface area contributed by atoms with Crippen molar-refractivity contribution in [1.29, 1.82) is 0 Å². The molecular weight excluding hydrogens is 664 g/mol. The first-order valence-electron chi connectivity index (χ1n) is 18.4. The number of carbonyl (C=O) groups excluding carboxylic acids is 1. The molecule has 5 heterocycles. The van der Waals surface area contributed by atoms with Crippen molar-refractivity contribution in [1.82, 2.24) is 39.1 Å². The van der Waals surface area contributed by atoms with Gasteiger partial charge >= 0.3 is 6.09 Å². The third kappa shape index (κ3) is 8.73. The minimum absolute atomic E-state index is 0.124. The van der Waals surface area contributed by atoms with Crippen molar-refractivity contribution in [2.24, 2.45) is 5.92 Å². The van der Waals surface area contributed by atoms with E-state index in [1.165, 1.54) is 6.42 Å². The summed E-state index contributed by atoms with van der Waals surface area (Å²) < 4.78 is 34.4. The summed E-state index contributed by atoms with van der Waals surface area (Å²) in [5.74, 6) is 1.22. The first kappa shape index (κ1) is 35.9. The van der Waals surface area contributed by atoms with E-state index < -0.39 is 5.60 Å². The van der Waals surface area contributed by atoms with Crippen molar-refractivity contribution < 1.29 is 28.5 Å². The molecule has 278 valence electrons. The summed E-state index contributed by atoms with van der Waals surface area (Å²) in [6, 6.07) is 8.01. The molecule has 1 aliphatic carbocycles. The molecule has 4 aromatic heterocycles. The molecule has 1 aromatic carbocycles. The van der Waals surface area contributed by atoms with E-state index in [-0.39, 0.29) is 12.3 Å². The number of imidazole rings is 1. The van der Waals surface area contributed by atoms with Crippen LogP contribution in [0.3, 0.4) is 0 Å². The number of nitrogens with zero attached hydrogens (tertiary/aromatic N) is 8. The van der Waals surface area contributed by atoms with Gasteiger partial charge in [-0.15, -0.1) is 5.10 Å². The maximum Gasteiger partial charge on any atom is 0.410 e. The van der Waals surface area contributed by atoms with Crippen LogP contribution in [0.2, 0.25) is 0 Å². The van der Waals surface area contributed by atoms with Gasteiger partial charge < -0.3 is 33.0 Å². The molecule has 2 fully saturated rings. The van der Waals surface area contributed by atoms with Crippen molar-refractivity contribution in [3.05, 3.63) is 60.3 Å². The Labute approximate surface area is 303 Å². The Kier molecular flexibility index (Phi) is 11.0. The van der Waals surface area contributed by atoms with Crippen LogP contribution in [0.5, 0.6) is 5.75 Å². The Bertz CT molecular complexity index is 1950. The third-order valence-electron chi connectivity index (χ3n) is 9.48. The van der Waals surface area contributed by atoms with Crippen LogP contribution in [0.15, 0.2) is 49.1 Å². The lowest BCUT2D eigenvalue weighted by molar-refractivity contribution is -0.0366. The Hall–Kier alpha value is -4.53. The molecule has 1 unspecified atom stereocenters. The summed E-state index contributed by atoms with van der Waals surface area (Å²) in [6.45, 7) is 9.94. The van der Waals surface area contributed by atoms with Gasteiger partial charge in [-0.25, -0.2) is 19.1 Å². The number of pyridine rings is 1. The highest BCUT2D eigenvalue weighted by molar-refractivity contribution is 5.95. The van der Waals surface area contributed by atoms with E-state index in [2.05, 4.69) is 10.3 Å². The van der Waals surface area contributed by atoms with Crippen LogP contribution < -0.4 is 4.74 Å². The molecule has 0 N–H and O–H groups in total. The number of fused-ring (bicyclic) bond motifs is 2. The van der Waals surface area contributed by atoms with Crippen LogP contribution in [0.1, 0.15) is 76.8 Å². The van der Waals surface area contributed by atoms with Gasteiger partial charge in [-0.3, -0.25) is 0 Å². The van der Waals surface area contributed by atoms with Gasteiger partial charge in [0.05, 0.1) is 56.5 Å². The van der Waals surface area contributed by atoms with Gasteiger partial charge in [0.2, 0.25) is 0 Å². The van der Waals surface area contributed by atoms with Gasteiger partial charge in [-0.1, -0.05) is 17.7 Å². The first-order chi connectivity index (χ1) is 25.2. The molecule has 0 spiro atoms. The highest BCUT2D eigenvalue weighted by atomic mass is 16.6. The Balaban J connectivity index is 1.08. The second-order valence-electron chi connectivity index (χ2n) is 14.8. The average molecular weight is 715 g/mol. The van der Waals surface area contributed by atoms with E-state index in [1.807, 2.05) is 83.8 Å². The first-order valence-corrected chi connectivity index (χ1v) is 18.4. The van der Waals surface area contributed by atoms with E-state index in [0.717, 1.165) is 72.1 Å². The fraction of sp³-hybridized carbons (Fsp3) is 0.553. The van der Waals surface area contributed by atoms with Crippen LogP contribution in [0.25, 0.3) is 27.8 Å². The van der Waals surface area contributed by atoms with Crippen LogP contribution in [-0.2, 0) is 32.0 Å². The number of hydrogen-bond acceptors (Lipinski definition) is 10. The van der Waals surface area contributed by atoms with Crippen LogP contribution in [0, 0.1) is 5.92 Å². The molecule has 1 atom stereocenters. The van der Waals surface area contributed by atoms with Crippen LogP contribution in [0.4, 0.5) is 4.79 Å². The zero-order valence-corrected chi connectivity index (χ0v) is 30.7. The van der Waals surface area contributed by atoms with E-state index in [0.29, 0.717) is 63.4 Å². The fourth-order valence-corrected chi connectivity index (χ4v) is 6.69. The molecule has 52 heavy (non-hydrogen) atoms. The predicted octanol–water partition coefficient (Wildman–Crippen LogP) is 6.27. The fourth-order valence-electron chi connectivity index (χ4n) is 6.69. The van der Waals surface area contributed by atoms with Crippen LogP contribution in [-0.4, -0.2) is 97.4 Å². The number of methoxy groups -OCH3 is 1. The lowest BCUT2D eigenvalue weighted by Crippen LogP contribution is -2.40. The third-order valence-corrected chi connectivity index (χ3v) is 9.48. The molecule has 14 nitrogen and oxygen atoms in total. The quantitative estimate of drug-likeness (QED) is 0.114. The maximum atomic E-state index is 13.1. The smallest absolute Gasteiger partial charge is 0.410 e. The standard InChI is InChI=1S/C38H50N8O6/c1-38(2,3)52-37(47)44(21-27-8-7-9-27)23-28-11-12-35-40-29(24-43(35)22-28)25-45-26-33(41-42-45)31-18-30(50-17-16-49-15-14-48-4)19-34-32(31)20-39-46(34)36-10-5-6-13-51-36/h11-12,18-20,22,24,26-27,36H,5-10,13-17,21,23,25H2,1-4H3. The van der Waals surface area contributed by atoms with Gasteiger partial charge in [0.15, 0.2) is 6.23 Å². The summed E-state index contributed by atoms with van der Waals surface area (Å²) in [7, 11) is 1.65. The largest absolute Gasteiger partial charge is 0.491 e. The van der Waals surface area contributed by atoms with Crippen molar-refractivity contribution in [2.45, 2.75) is 84.2 Å². The number of carbonyl (C=O) groups is 1. The normalized spacial score (nSPS) is 16.7. The Morgan fingerprint density at radius 2 is 1.88 bits per heavy atom. The Morgan fingerprint density at radius 3 is 2.65 bits per heavy atom. The number of aromatic nitrogens is 7. The summed E-state index contributed by atoms with van der Waals surface area (Å²) in [5, 5.41) is 14.7. The summed E-state index contributed by atoms with van der Waals surface area (Å²) in [4.78, 5) is 19.8. The lowest BCUT2D eigenvalue weighted by Gasteiger charge is -2.33. The number of ether oxygens (including phenoxy) is 5. The summed E-state index contributed by atoms with van der Waals surface area (Å²) in [6.07, 6.45) is 14.0. The number of benzene rings is 1. The summed E-state index contributed by atoms with van der Waals surface area (Å²) in [5.41, 5.74) is 4.61. The molecule has 1 saturated heterocycles. The zero-order valence-electron chi connectivity index (χ0n) is 30.7. The van der Waals surface area contributed by atoms with Gasteiger partial charge in [0.1, 0.15) is 29.3 Å². The van der Waals surface area contributed by atoms with Gasteiger partial charge in [-0.05, 0) is 76.5 Å². The molecule has 1 saturated carbocycles. The van der Waals surface area contributed by atoms with E-state index in [4.69, 9.17) is 33.8 Å². The lowest BCUT2D eigenvalue weighted by atomic mass is 9.85. The molecule has 7 rings (SSSR count). The topological polar surface area (TPSA) is 132 Å². The highest BCUT2D eigenvalue weighted by Crippen LogP contribution is 2.35. The highest BCUT2D eigenvalue weighted by Gasteiger charge is 2.28. The van der Waals surface area contributed by atoms with Crippen LogP contribution >= 0.6 is 0 Å². The molecule has 0 radical (unpaired) electrons. The summed E-state index contributed by atoms with van der Waals surface area (Å²) >= 11 is 0. The second kappa shape index (κ2) is 16.0. The average Bonchev–Trinajstić information content (AvgIpc) is 3.85. The second-order valence-corrected chi connectivity index (χ2v) is 14.8. The minimum Gasteiger partial charge on any atom is -0.491 e. The Morgan fingerprint density at radius 1 is 1.02 bits per heavy atom. The molecular formula is C38H50N8O6. The van der Waals surface area contributed by atoms with E-state index in [1.54, 1.807) is 11.8 Å². The molecule has 0 bridgehead atoms. The predicted molar refractivity (Wildman–Crippen MR) is 194 cm³/mol. The maximum absolute atomic E-state index is 13.1. The monoisotopic (exact) mass is 714 g/mol. The zero-order chi connectivity index (χ0) is 36.1. The SMILES string of the molecule is COCCOCCOc1cc(-c2cn(Cc3cn4cc(CN(CC5CCC5)C(=O)OC(C)(C)C)ccc4n3)nn2)c2cnn(C3CCCCO3)c2c1. The number of amides is 1. The minimum atomic E-state index is -0.548. The molecule has 1 aliphatic heterocycles. The van der Waals surface area contributed by atoms with Gasteiger partial charge in [0.25, 0.3) is 0 Å². The van der Waals surface area contributed by atoms with Gasteiger partial charge in [0, 0.05) is 49.7 Å². The van der Waals surface area contributed by atoms with Gasteiger partial charge in [-0.2, -0.15) is 5.10 Å². The van der Waals surface area contributed by atoms with Crippen molar-refractivity contribution in [3.63, 3.8) is 0 Å². The van der Waals surface area contributed by atoms with Crippen molar-refractivity contribution in [3.8, 4) is 17.0 Å².